The van der Waals surface area contributed by atoms with Crippen LogP contribution in [0.1, 0.15) is 21.5 Å². The van der Waals surface area contributed by atoms with Gasteiger partial charge in [-0.15, -0.1) is 0 Å². The summed E-state index contributed by atoms with van der Waals surface area (Å²) < 4.78 is 50.8. The first kappa shape index (κ1) is 17.7. The Kier molecular flexibility index (Phi) is 5.33. The van der Waals surface area contributed by atoms with Gasteiger partial charge in [-0.2, -0.15) is 13.2 Å². The molecule has 0 aliphatic carbocycles. The quantitative estimate of drug-likeness (QED) is 0.670. The van der Waals surface area contributed by atoms with Crippen molar-refractivity contribution < 1.29 is 27.2 Å². The molecule has 0 bridgehead atoms. The second-order valence-electron chi connectivity index (χ2n) is 5.13. The lowest BCUT2D eigenvalue weighted by Crippen LogP contribution is -2.37. The smallest absolute Gasteiger partial charge is 0.342 e. The summed E-state index contributed by atoms with van der Waals surface area (Å²) in [6.07, 6.45) is -3.97. The van der Waals surface area contributed by atoms with Crippen molar-refractivity contribution in [1.29, 1.82) is 0 Å². The molecule has 0 saturated heterocycles. The number of aldehydes is 1. The zero-order valence-electron chi connectivity index (χ0n) is 12.3. The number of alkyl halides is 3. The molecule has 2 aromatic carbocycles. The molecule has 3 nitrogen and oxygen atoms in total. The zero-order chi connectivity index (χ0) is 17.7. The summed E-state index contributed by atoms with van der Waals surface area (Å²) in [4.78, 5) is 23.1. The van der Waals surface area contributed by atoms with Gasteiger partial charge in [-0.05, 0) is 42.3 Å². The molecule has 0 saturated carbocycles. The van der Waals surface area contributed by atoms with Gasteiger partial charge < -0.3 is 10.1 Å². The van der Waals surface area contributed by atoms with Crippen molar-refractivity contribution >= 4 is 12.2 Å². The van der Waals surface area contributed by atoms with Crippen molar-refractivity contribution in [2.24, 2.45) is 0 Å². The van der Waals surface area contributed by atoms with E-state index in [2.05, 4.69) is 5.32 Å². The summed E-state index contributed by atoms with van der Waals surface area (Å²) in [7, 11) is 0. The summed E-state index contributed by atoms with van der Waals surface area (Å²) in [5.41, 5.74) is -0.537. The first-order chi connectivity index (χ1) is 11.3. The molecule has 2 rings (SSSR count). The van der Waals surface area contributed by atoms with Crippen molar-refractivity contribution in [2.45, 2.75) is 18.6 Å². The third kappa shape index (κ3) is 4.65. The van der Waals surface area contributed by atoms with E-state index in [0.29, 0.717) is 11.8 Å². The highest BCUT2D eigenvalue weighted by Gasteiger charge is 2.31. The summed E-state index contributed by atoms with van der Waals surface area (Å²) in [6.45, 7) is 0. The van der Waals surface area contributed by atoms with Crippen LogP contribution in [0, 0.1) is 5.82 Å². The first-order valence-electron chi connectivity index (χ1n) is 6.97. The van der Waals surface area contributed by atoms with E-state index in [0.717, 1.165) is 18.2 Å². The number of halogens is 4. The van der Waals surface area contributed by atoms with Gasteiger partial charge in [-0.3, -0.25) is 4.79 Å². The second-order valence-corrected chi connectivity index (χ2v) is 5.13. The Morgan fingerprint density at radius 3 is 2.38 bits per heavy atom. The maximum absolute atomic E-state index is 12.8. The molecule has 0 aliphatic rings. The molecular formula is C17H13F4NO2. The number of benzene rings is 2. The van der Waals surface area contributed by atoms with E-state index in [4.69, 9.17) is 0 Å². The lowest BCUT2D eigenvalue weighted by molar-refractivity contribution is -0.137. The van der Waals surface area contributed by atoms with E-state index < -0.39 is 29.5 Å². The standard InChI is InChI=1S/C17H13F4NO2/c18-14-6-4-11(5-7-14)8-15(10-23)22-16(24)12-2-1-3-13(9-12)17(19,20)21/h1-7,9-10,15H,8H2,(H,22,24). The van der Waals surface area contributed by atoms with Gasteiger partial charge >= 0.3 is 6.18 Å². The normalized spacial score (nSPS) is 12.5. The highest BCUT2D eigenvalue weighted by Crippen LogP contribution is 2.29. The minimum Gasteiger partial charge on any atom is -0.342 e. The molecular weight excluding hydrogens is 326 g/mol. The summed E-state index contributed by atoms with van der Waals surface area (Å²) in [6, 6.07) is 8.33. The monoisotopic (exact) mass is 339 g/mol. The van der Waals surface area contributed by atoms with Crippen LogP contribution >= 0.6 is 0 Å². The number of carbonyl (C=O) groups excluding carboxylic acids is 2. The molecule has 0 heterocycles. The van der Waals surface area contributed by atoms with Gasteiger partial charge in [0.1, 0.15) is 12.1 Å². The lowest BCUT2D eigenvalue weighted by Gasteiger charge is -2.14. The number of nitrogens with one attached hydrogen (secondary N) is 1. The van der Waals surface area contributed by atoms with Crippen LogP contribution in [0.15, 0.2) is 48.5 Å². The van der Waals surface area contributed by atoms with Crippen LogP contribution in [-0.2, 0) is 17.4 Å². The highest BCUT2D eigenvalue weighted by atomic mass is 19.4. The van der Waals surface area contributed by atoms with E-state index in [1.807, 2.05) is 0 Å². The number of amides is 1. The lowest BCUT2D eigenvalue weighted by atomic mass is 10.1. The number of rotatable bonds is 5. The molecule has 7 heteroatoms. The predicted molar refractivity (Wildman–Crippen MR) is 78.9 cm³/mol. The summed E-state index contributed by atoms with van der Waals surface area (Å²) in [5, 5.41) is 2.36. The fourth-order valence-corrected chi connectivity index (χ4v) is 2.10. The van der Waals surface area contributed by atoms with Crippen LogP contribution in [0.5, 0.6) is 0 Å². The van der Waals surface area contributed by atoms with Crippen LogP contribution in [0.25, 0.3) is 0 Å². The third-order valence-electron chi connectivity index (χ3n) is 3.30. The van der Waals surface area contributed by atoms with Crippen molar-refractivity contribution in [3.05, 3.63) is 71.0 Å². The van der Waals surface area contributed by atoms with E-state index in [-0.39, 0.29) is 12.0 Å². The largest absolute Gasteiger partial charge is 0.416 e. The Balaban J connectivity index is 2.09. The van der Waals surface area contributed by atoms with Gasteiger partial charge in [-0.1, -0.05) is 18.2 Å². The van der Waals surface area contributed by atoms with E-state index in [1.54, 1.807) is 0 Å². The molecule has 24 heavy (non-hydrogen) atoms. The van der Waals surface area contributed by atoms with Crippen LogP contribution in [-0.4, -0.2) is 18.2 Å². The molecule has 1 atom stereocenters. The van der Waals surface area contributed by atoms with Gasteiger partial charge in [0.2, 0.25) is 0 Å². The molecule has 0 aromatic heterocycles. The topological polar surface area (TPSA) is 46.2 Å². The van der Waals surface area contributed by atoms with Gasteiger partial charge in [0, 0.05) is 5.56 Å². The maximum atomic E-state index is 12.8. The molecule has 0 fully saturated rings. The Morgan fingerprint density at radius 1 is 1.12 bits per heavy atom. The Labute approximate surface area is 135 Å². The summed E-state index contributed by atoms with van der Waals surface area (Å²) in [5.74, 6) is -1.23. The number of carbonyl (C=O) groups is 2. The van der Waals surface area contributed by atoms with Crippen LogP contribution in [0.4, 0.5) is 17.6 Å². The van der Waals surface area contributed by atoms with Crippen molar-refractivity contribution in [1.82, 2.24) is 5.32 Å². The number of hydrogen-bond donors (Lipinski definition) is 1. The molecule has 1 amide bonds. The highest BCUT2D eigenvalue weighted by molar-refractivity contribution is 5.95. The molecule has 0 aliphatic heterocycles. The first-order valence-corrected chi connectivity index (χ1v) is 6.97. The van der Waals surface area contributed by atoms with E-state index >= 15 is 0 Å². The van der Waals surface area contributed by atoms with Gasteiger partial charge in [0.15, 0.2) is 0 Å². The summed E-state index contributed by atoms with van der Waals surface area (Å²) >= 11 is 0. The molecule has 2 aromatic rings. The fraction of sp³-hybridized carbons (Fsp3) is 0.176. The third-order valence-corrected chi connectivity index (χ3v) is 3.30. The van der Waals surface area contributed by atoms with Gasteiger partial charge in [-0.25, -0.2) is 4.39 Å². The second kappa shape index (κ2) is 7.25. The average molecular weight is 339 g/mol. The van der Waals surface area contributed by atoms with Gasteiger partial charge in [0.05, 0.1) is 11.6 Å². The number of hydrogen-bond acceptors (Lipinski definition) is 2. The molecule has 1 N–H and O–H groups in total. The van der Waals surface area contributed by atoms with Crippen molar-refractivity contribution in [2.75, 3.05) is 0 Å². The Hall–Kier alpha value is -2.70. The molecule has 1 unspecified atom stereocenters. The van der Waals surface area contributed by atoms with Crippen molar-refractivity contribution in [3.8, 4) is 0 Å². The minimum atomic E-state index is -4.56. The Bertz CT molecular complexity index is 726. The van der Waals surface area contributed by atoms with Crippen LogP contribution in [0.3, 0.4) is 0 Å². The molecule has 0 radical (unpaired) electrons. The van der Waals surface area contributed by atoms with Crippen molar-refractivity contribution in [3.63, 3.8) is 0 Å². The predicted octanol–water partition coefficient (Wildman–Crippen LogP) is 3.38. The Morgan fingerprint density at radius 2 is 1.79 bits per heavy atom. The fourth-order valence-electron chi connectivity index (χ4n) is 2.10. The minimum absolute atomic E-state index is 0.106. The zero-order valence-corrected chi connectivity index (χ0v) is 12.3. The van der Waals surface area contributed by atoms with E-state index in [1.165, 1.54) is 30.3 Å². The molecule has 126 valence electrons. The molecule has 0 spiro atoms. The maximum Gasteiger partial charge on any atom is 0.416 e. The average Bonchev–Trinajstić information content (AvgIpc) is 2.55. The van der Waals surface area contributed by atoms with Gasteiger partial charge in [0.25, 0.3) is 5.91 Å². The van der Waals surface area contributed by atoms with E-state index in [9.17, 15) is 27.2 Å². The van der Waals surface area contributed by atoms with Crippen LogP contribution < -0.4 is 5.32 Å². The SMILES string of the molecule is O=CC(Cc1ccc(F)cc1)NC(=O)c1cccc(C(F)(F)F)c1. The van der Waals surface area contributed by atoms with Crippen LogP contribution in [0.2, 0.25) is 0 Å².